The van der Waals surface area contributed by atoms with Crippen LogP contribution in [-0.2, 0) is 10.0 Å². The number of hydrogen-bond acceptors (Lipinski definition) is 3. The van der Waals surface area contributed by atoms with Crippen molar-refractivity contribution in [2.75, 3.05) is 4.83 Å². The normalized spacial score (nSPS) is 11.3. The standard InChI is InChI=1S/C12H11BrN2O4S/c1-8-10(13)6-9(12(16)17)7-11(8)20(18,19)14-15-4-2-3-5-15/h2-7,14H,1H3,(H,16,17). The molecule has 2 N–H and O–H groups in total. The van der Waals surface area contributed by atoms with E-state index in [0.29, 0.717) is 10.0 Å². The lowest BCUT2D eigenvalue weighted by Crippen LogP contribution is -2.23. The zero-order valence-electron chi connectivity index (χ0n) is 10.4. The number of carbonyl (C=O) groups is 1. The lowest BCUT2D eigenvalue weighted by Gasteiger charge is -2.13. The van der Waals surface area contributed by atoms with Crippen LogP contribution in [0.25, 0.3) is 0 Å². The molecule has 106 valence electrons. The second-order valence-corrected chi connectivity index (χ2v) is 6.56. The summed E-state index contributed by atoms with van der Waals surface area (Å²) in [5.74, 6) is -1.19. The third kappa shape index (κ3) is 2.86. The molecule has 0 bridgehead atoms. The summed E-state index contributed by atoms with van der Waals surface area (Å²) in [7, 11) is -3.87. The van der Waals surface area contributed by atoms with Crippen molar-refractivity contribution in [1.82, 2.24) is 4.68 Å². The minimum Gasteiger partial charge on any atom is -0.478 e. The minimum atomic E-state index is -3.87. The summed E-state index contributed by atoms with van der Waals surface area (Å²) in [6, 6.07) is 5.83. The Kier molecular flexibility index (Phi) is 3.87. The molecule has 0 spiro atoms. The third-order valence-corrected chi connectivity index (χ3v) is 4.94. The highest BCUT2D eigenvalue weighted by molar-refractivity contribution is 9.10. The molecule has 0 aliphatic rings. The Bertz CT molecular complexity index is 754. The molecule has 1 aromatic heterocycles. The molecule has 1 aromatic carbocycles. The number of hydrogen-bond donors (Lipinski definition) is 2. The molecular weight excluding hydrogens is 348 g/mol. The summed E-state index contributed by atoms with van der Waals surface area (Å²) >= 11 is 3.17. The van der Waals surface area contributed by atoms with Gasteiger partial charge >= 0.3 is 5.97 Å². The number of aromatic carboxylic acids is 1. The van der Waals surface area contributed by atoms with Gasteiger partial charge in [-0.15, -0.1) is 0 Å². The van der Waals surface area contributed by atoms with Crippen LogP contribution in [0.4, 0.5) is 0 Å². The molecule has 6 nitrogen and oxygen atoms in total. The molecule has 0 fully saturated rings. The summed E-state index contributed by atoms with van der Waals surface area (Å²) in [4.78, 5) is 13.3. The van der Waals surface area contributed by atoms with Gasteiger partial charge < -0.3 is 5.11 Å². The van der Waals surface area contributed by atoms with E-state index in [1.54, 1.807) is 19.1 Å². The Morgan fingerprint density at radius 2 is 1.90 bits per heavy atom. The smallest absolute Gasteiger partial charge is 0.335 e. The second-order valence-electron chi connectivity index (χ2n) is 4.07. The van der Waals surface area contributed by atoms with Crippen LogP contribution in [0.15, 0.2) is 46.0 Å². The number of benzene rings is 1. The van der Waals surface area contributed by atoms with E-state index in [4.69, 9.17) is 5.11 Å². The van der Waals surface area contributed by atoms with Crippen molar-refractivity contribution in [2.45, 2.75) is 11.8 Å². The molecule has 0 aliphatic heterocycles. The van der Waals surface area contributed by atoms with Crippen molar-refractivity contribution >= 4 is 31.9 Å². The van der Waals surface area contributed by atoms with Crippen LogP contribution in [0.1, 0.15) is 15.9 Å². The molecule has 0 atom stereocenters. The Morgan fingerprint density at radius 1 is 1.30 bits per heavy atom. The second kappa shape index (κ2) is 5.29. The number of rotatable bonds is 4. The van der Waals surface area contributed by atoms with Crippen molar-refractivity contribution in [1.29, 1.82) is 0 Å². The number of carboxylic acids is 1. The highest BCUT2D eigenvalue weighted by Crippen LogP contribution is 2.26. The van der Waals surface area contributed by atoms with Gasteiger partial charge in [-0.1, -0.05) is 15.9 Å². The maximum absolute atomic E-state index is 12.3. The van der Waals surface area contributed by atoms with Crippen molar-refractivity contribution < 1.29 is 18.3 Å². The van der Waals surface area contributed by atoms with Gasteiger partial charge in [-0.05, 0) is 36.8 Å². The topological polar surface area (TPSA) is 88.4 Å². The molecule has 0 saturated carbocycles. The first kappa shape index (κ1) is 14.6. The van der Waals surface area contributed by atoms with E-state index < -0.39 is 16.0 Å². The molecule has 0 amide bonds. The van der Waals surface area contributed by atoms with E-state index in [9.17, 15) is 13.2 Å². The summed E-state index contributed by atoms with van der Waals surface area (Å²) in [5, 5.41) is 9.01. The fourth-order valence-electron chi connectivity index (χ4n) is 1.64. The number of halogens is 1. The molecular formula is C12H11BrN2O4S. The lowest BCUT2D eigenvalue weighted by molar-refractivity contribution is 0.0696. The summed E-state index contributed by atoms with van der Waals surface area (Å²) in [6.45, 7) is 1.60. The molecule has 2 rings (SSSR count). The fraction of sp³-hybridized carbons (Fsp3) is 0.0833. The number of carboxylic acid groups (broad SMARTS) is 1. The fourth-order valence-corrected chi connectivity index (χ4v) is 3.52. The average Bonchev–Trinajstić information content (AvgIpc) is 2.83. The number of aromatic nitrogens is 1. The van der Waals surface area contributed by atoms with E-state index in [1.807, 2.05) is 0 Å². The van der Waals surface area contributed by atoms with Crippen molar-refractivity contribution in [3.05, 3.63) is 52.3 Å². The molecule has 1 heterocycles. The maximum atomic E-state index is 12.3. The minimum absolute atomic E-state index is 0.0852. The molecule has 0 saturated heterocycles. The van der Waals surface area contributed by atoms with Crippen molar-refractivity contribution in [3.8, 4) is 0 Å². The molecule has 0 aliphatic carbocycles. The van der Waals surface area contributed by atoms with E-state index in [1.165, 1.54) is 23.1 Å². The highest BCUT2D eigenvalue weighted by atomic mass is 79.9. The summed E-state index contributed by atoms with van der Waals surface area (Å²) in [6.07, 6.45) is 3.06. The van der Waals surface area contributed by atoms with Gasteiger partial charge in [-0.25, -0.2) is 9.63 Å². The predicted octanol–water partition coefficient (Wildman–Crippen LogP) is 2.19. The van der Waals surface area contributed by atoms with Gasteiger partial charge in [0.25, 0.3) is 10.0 Å². The molecule has 8 heteroatoms. The summed E-state index contributed by atoms with van der Waals surface area (Å²) < 4.78 is 26.3. The van der Waals surface area contributed by atoms with E-state index in [2.05, 4.69) is 20.8 Å². The van der Waals surface area contributed by atoms with Crippen LogP contribution < -0.4 is 4.83 Å². The van der Waals surface area contributed by atoms with Crippen LogP contribution in [0.5, 0.6) is 0 Å². The van der Waals surface area contributed by atoms with Crippen LogP contribution in [-0.4, -0.2) is 24.2 Å². The van der Waals surface area contributed by atoms with Gasteiger partial charge in [0.1, 0.15) is 0 Å². The highest BCUT2D eigenvalue weighted by Gasteiger charge is 2.21. The lowest BCUT2D eigenvalue weighted by atomic mass is 10.1. The van der Waals surface area contributed by atoms with E-state index in [0.717, 1.165) is 6.07 Å². The Morgan fingerprint density at radius 3 is 2.45 bits per heavy atom. The zero-order chi connectivity index (χ0) is 14.9. The van der Waals surface area contributed by atoms with E-state index >= 15 is 0 Å². The predicted molar refractivity (Wildman–Crippen MR) is 76.8 cm³/mol. The van der Waals surface area contributed by atoms with Gasteiger partial charge in [0.15, 0.2) is 0 Å². The molecule has 0 unspecified atom stereocenters. The monoisotopic (exact) mass is 358 g/mol. The van der Waals surface area contributed by atoms with Gasteiger partial charge in [0.05, 0.1) is 10.5 Å². The zero-order valence-corrected chi connectivity index (χ0v) is 12.8. The summed E-state index contributed by atoms with van der Waals surface area (Å²) in [5.41, 5.74) is 0.338. The third-order valence-electron chi connectivity index (χ3n) is 2.66. The first-order chi connectivity index (χ1) is 9.31. The largest absolute Gasteiger partial charge is 0.478 e. The van der Waals surface area contributed by atoms with Crippen LogP contribution in [0, 0.1) is 6.92 Å². The first-order valence-electron chi connectivity index (χ1n) is 5.50. The van der Waals surface area contributed by atoms with Crippen LogP contribution in [0.3, 0.4) is 0 Å². The Balaban J connectivity index is 2.53. The average molecular weight is 359 g/mol. The SMILES string of the molecule is Cc1c(Br)cc(C(=O)O)cc1S(=O)(=O)Nn1cccc1. The quantitative estimate of drug-likeness (QED) is 0.876. The molecule has 2 aromatic rings. The molecule has 20 heavy (non-hydrogen) atoms. The maximum Gasteiger partial charge on any atom is 0.335 e. The first-order valence-corrected chi connectivity index (χ1v) is 7.78. The van der Waals surface area contributed by atoms with Gasteiger partial charge in [0, 0.05) is 16.9 Å². The van der Waals surface area contributed by atoms with Gasteiger partial charge in [-0.3, -0.25) is 4.68 Å². The van der Waals surface area contributed by atoms with Gasteiger partial charge in [-0.2, -0.15) is 8.42 Å². The van der Waals surface area contributed by atoms with Crippen LogP contribution >= 0.6 is 15.9 Å². The number of nitrogens with zero attached hydrogens (tertiary/aromatic N) is 1. The Labute approximate surface area is 124 Å². The number of sulfonamides is 1. The van der Waals surface area contributed by atoms with Crippen LogP contribution in [0.2, 0.25) is 0 Å². The van der Waals surface area contributed by atoms with Crippen molar-refractivity contribution in [2.24, 2.45) is 0 Å². The molecule has 0 radical (unpaired) electrons. The number of nitrogens with one attached hydrogen (secondary N) is 1. The van der Waals surface area contributed by atoms with E-state index in [-0.39, 0.29) is 10.5 Å². The van der Waals surface area contributed by atoms with Gasteiger partial charge in [0.2, 0.25) is 0 Å². The van der Waals surface area contributed by atoms with Crippen molar-refractivity contribution in [3.63, 3.8) is 0 Å². The Hall–Kier alpha value is -1.80.